The van der Waals surface area contributed by atoms with Crippen LogP contribution in [0.3, 0.4) is 0 Å². The Kier molecular flexibility index (Phi) is 5.60. The van der Waals surface area contributed by atoms with Gasteiger partial charge in [-0.3, -0.25) is 4.79 Å². The first-order valence-corrected chi connectivity index (χ1v) is 9.76. The summed E-state index contributed by atoms with van der Waals surface area (Å²) in [5.41, 5.74) is 1.74. The lowest BCUT2D eigenvalue weighted by molar-refractivity contribution is -0.132. The second kappa shape index (κ2) is 8.47. The third-order valence-corrected chi connectivity index (χ3v) is 5.41. The minimum atomic E-state index is -0.306. The molecule has 6 heteroatoms. The lowest BCUT2D eigenvalue weighted by Gasteiger charge is -2.36. The molecule has 0 spiro atoms. The number of rotatable bonds is 5. The summed E-state index contributed by atoms with van der Waals surface area (Å²) in [6.07, 6.45) is 4.07. The van der Waals surface area contributed by atoms with E-state index in [1.54, 1.807) is 18.2 Å². The quantitative estimate of drug-likeness (QED) is 0.651. The van der Waals surface area contributed by atoms with Crippen molar-refractivity contribution in [3.8, 4) is 0 Å². The summed E-state index contributed by atoms with van der Waals surface area (Å²) in [7, 11) is 0. The van der Waals surface area contributed by atoms with Gasteiger partial charge in [-0.2, -0.15) is 0 Å². The average molecular weight is 395 g/mol. The van der Waals surface area contributed by atoms with Crippen LogP contribution in [-0.2, 0) is 4.79 Å². The number of piperazine rings is 1. The summed E-state index contributed by atoms with van der Waals surface area (Å²) in [5, 5.41) is 0. The molecule has 1 aliphatic heterocycles. The number of benzene rings is 2. The van der Waals surface area contributed by atoms with Crippen LogP contribution in [0.25, 0.3) is 0 Å². The highest BCUT2D eigenvalue weighted by atomic mass is 19.1. The molecule has 4 rings (SSSR count). The van der Waals surface area contributed by atoms with E-state index in [9.17, 15) is 13.6 Å². The fourth-order valence-electron chi connectivity index (χ4n) is 3.83. The van der Waals surface area contributed by atoms with Crippen molar-refractivity contribution in [1.82, 2.24) is 9.47 Å². The predicted molar refractivity (Wildman–Crippen MR) is 109 cm³/mol. The van der Waals surface area contributed by atoms with Crippen LogP contribution < -0.4 is 4.90 Å². The van der Waals surface area contributed by atoms with Gasteiger partial charge in [0.15, 0.2) is 0 Å². The molecular formula is C23H23F2N3O. The zero-order chi connectivity index (χ0) is 20.2. The van der Waals surface area contributed by atoms with E-state index in [0.717, 1.165) is 11.3 Å². The van der Waals surface area contributed by atoms with Crippen molar-refractivity contribution in [3.05, 3.63) is 90.3 Å². The fourth-order valence-corrected chi connectivity index (χ4v) is 3.83. The van der Waals surface area contributed by atoms with E-state index >= 15 is 0 Å². The summed E-state index contributed by atoms with van der Waals surface area (Å²) in [4.78, 5) is 17.0. The largest absolute Gasteiger partial charge is 0.368 e. The van der Waals surface area contributed by atoms with Gasteiger partial charge in [-0.1, -0.05) is 12.1 Å². The van der Waals surface area contributed by atoms with Crippen LogP contribution in [0.4, 0.5) is 14.5 Å². The Labute approximate surface area is 169 Å². The van der Waals surface area contributed by atoms with Gasteiger partial charge in [-0.05, 0) is 54.1 Å². The molecule has 1 saturated heterocycles. The Morgan fingerprint density at radius 1 is 0.862 bits per heavy atom. The van der Waals surface area contributed by atoms with E-state index in [4.69, 9.17) is 0 Å². The number of carbonyl (C=O) groups excluding carboxylic acids is 1. The van der Waals surface area contributed by atoms with Crippen LogP contribution in [0, 0.1) is 11.6 Å². The summed E-state index contributed by atoms with van der Waals surface area (Å²) in [6.45, 7) is 2.62. The van der Waals surface area contributed by atoms with Crippen LogP contribution >= 0.6 is 0 Å². The fraction of sp³-hybridized carbons (Fsp3) is 0.261. The monoisotopic (exact) mass is 395 g/mol. The second-order valence-corrected chi connectivity index (χ2v) is 7.25. The number of halogens is 2. The SMILES string of the molecule is O=C(C[C@@H](c1cccc(F)c1)n1cccc1)N1CCN(c2ccc(F)cc2)CC1. The maximum atomic E-state index is 13.8. The lowest BCUT2D eigenvalue weighted by Crippen LogP contribution is -2.49. The maximum Gasteiger partial charge on any atom is 0.225 e. The molecule has 150 valence electrons. The van der Waals surface area contributed by atoms with Gasteiger partial charge in [0.05, 0.1) is 12.5 Å². The molecule has 1 amide bonds. The van der Waals surface area contributed by atoms with Gasteiger partial charge in [0.1, 0.15) is 11.6 Å². The average Bonchev–Trinajstić information content (AvgIpc) is 3.27. The second-order valence-electron chi connectivity index (χ2n) is 7.25. The number of carbonyl (C=O) groups is 1. The van der Waals surface area contributed by atoms with E-state index in [1.165, 1.54) is 24.3 Å². The smallest absolute Gasteiger partial charge is 0.225 e. The molecule has 1 atom stereocenters. The molecule has 0 N–H and O–H groups in total. The maximum absolute atomic E-state index is 13.8. The van der Waals surface area contributed by atoms with E-state index in [2.05, 4.69) is 4.90 Å². The Morgan fingerprint density at radius 3 is 2.21 bits per heavy atom. The van der Waals surface area contributed by atoms with Gasteiger partial charge < -0.3 is 14.4 Å². The van der Waals surface area contributed by atoms with Gasteiger partial charge in [-0.15, -0.1) is 0 Å². The van der Waals surface area contributed by atoms with E-state index in [1.807, 2.05) is 40.1 Å². The normalized spacial score (nSPS) is 15.4. The first-order chi connectivity index (χ1) is 14.1. The van der Waals surface area contributed by atoms with Crippen molar-refractivity contribution in [2.24, 2.45) is 0 Å². The van der Waals surface area contributed by atoms with Crippen LogP contribution in [0.2, 0.25) is 0 Å². The molecule has 0 aliphatic carbocycles. The van der Waals surface area contributed by atoms with E-state index in [0.29, 0.717) is 26.2 Å². The highest BCUT2D eigenvalue weighted by molar-refractivity contribution is 5.77. The van der Waals surface area contributed by atoms with Crippen LogP contribution in [0.15, 0.2) is 73.1 Å². The highest BCUT2D eigenvalue weighted by Gasteiger charge is 2.25. The Balaban J connectivity index is 1.43. The first kappa shape index (κ1) is 19.2. The zero-order valence-corrected chi connectivity index (χ0v) is 16.0. The van der Waals surface area contributed by atoms with Gasteiger partial charge in [-0.25, -0.2) is 8.78 Å². The summed E-state index contributed by atoms with van der Waals surface area (Å²) >= 11 is 0. The molecule has 2 heterocycles. The van der Waals surface area contributed by atoms with Gasteiger partial charge in [0, 0.05) is 44.3 Å². The summed E-state index contributed by atoms with van der Waals surface area (Å²) < 4.78 is 28.8. The Hall–Kier alpha value is -3.15. The number of aromatic nitrogens is 1. The molecule has 1 aromatic heterocycles. The van der Waals surface area contributed by atoms with Crippen molar-refractivity contribution < 1.29 is 13.6 Å². The molecule has 1 aliphatic rings. The van der Waals surface area contributed by atoms with Gasteiger partial charge >= 0.3 is 0 Å². The van der Waals surface area contributed by atoms with Crippen molar-refractivity contribution in [3.63, 3.8) is 0 Å². The van der Waals surface area contributed by atoms with Crippen LogP contribution in [-0.4, -0.2) is 41.6 Å². The third kappa shape index (κ3) is 4.47. The lowest BCUT2D eigenvalue weighted by atomic mass is 10.0. The minimum Gasteiger partial charge on any atom is -0.368 e. The molecule has 0 bridgehead atoms. The standard InChI is InChI=1S/C23H23F2N3O/c24-19-6-8-21(9-7-19)26-12-14-28(15-13-26)23(29)17-22(27-10-1-2-11-27)18-4-3-5-20(25)16-18/h1-11,16,22H,12-15,17H2/t22-/m0/s1. The Morgan fingerprint density at radius 2 is 1.55 bits per heavy atom. The van der Waals surface area contributed by atoms with Gasteiger partial charge in [0.25, 0.3) is 0 Å². The van der Waals surface area contributed by atoms with Crippen molar-refractivity contribution in [2.75, 3.05) is 31.1 Å². The topological polar surface area (TPSA) is 28.5 Å². The van der Waals surface area contributed by atoms with E-state index in [-0.39, 0.29) is 30.0 Å². The van der Waals surface area contributed by atoms with Crippen molar-refractivity contribution in [2.45, 2.75) is 12.5 Å². The highest BCUT2D eigenvalue weighted by Crippen LogP contribution is 2.25. The zero-order valence-electron chi connectivity index (χ0n) is 16.0. The van der Waals surface area contributed by atoms with Crippen LogP contribution in [0.1, 0.15) is 18.0 Å². The number of nitrogens with zero attached hydrogens (tertiary/aromatic N) is 3. The number of amides is 1. The van der Waals surface area contributed by atoms with Gasteiger partial charge in [0.2, 0.25) is 5.91 Å². The predicted octanol–water partition coefficient (Wildman–Crippen LogP) is 4.09. The van der Waals surface area contributed by atoms with Crippen molar-refractivity contribution >= 4 is 11.6 Å². The molecule has 0 radical (unpaired) electrons. The molecule has 0 unspecified atom stereocenters. The number of hydrogen-bond donors (Lipinski definition) is 0. The molecule has 2 aromatic carbocycles. The molecule has 1 fully saturated rings. The first-order valence-electron chi connectivity index (χ1n) is 9.76. The molecule has 29 heavy (non-hydrogen) atoms. The minimum absolute atomic E-state index is 0.0479. The number of hydrogen-bond acceptors (Lipinski definition) is 2. The Bertz CT molecular complexity index is 949. The van der Waals surface area contributed by atoms with E-state index < -0.39 is 0 Å². The summed E-state index contributed by atoms with van der Waals surface area (Å²) in [6, 6.07) is 16.4. The van der Waals surface area contributed by atoms with Crippen molar-refractivity contribution in [1.29, 1.82) is 0 Å². The molecule has 3 aromatic rings. The third-order valence-electron chi connectivity index (χ3n) is 5.41. The molecular weight excluding hydrogens is 372 g/mol. The molecule has 0 saturated carbocycles. The number of anilines is 1. The molecule has 4 nitrogen and oxygen atoms in total. The van der Waals surface area contributed by atoms with Crippen LogP contribution in [0.5, 0.6) is 0 Å². The summed E-state index contributed by atoms with van der Waals surface area (Å²) in [5.74, 6) is -0.511.